The lowest BCUT2D eigenvalue weighted by Gasteiger charge is -2.03. The summed E-state index contributed by atoms with van der Waals surface area (Å²) in [6.45, 7) is 1.93. The molecule has 0 amide bonds. The van der Waals surface area contributed by atoms with Gasteiger partial charge >= 0.3 is 17.9 Å². The van der Waals surface area contributed by atoms with Gasteiger partial charge in [0.15, 0.2) is 0 Å². The fourth-order valence-corrected chi connectivity index (χ4v) is 2.25. The van der Waals surface area contributed by atoms with Crippen molar-refractivity contribution in [3.8, 4) is 0 Å². The van der Waals surface area contributed by atoms with E-state index >= 15 is 0 Å². The molecule has 0 aromatic rings. The van der Waals surface area contributed by atoms with Crippen LogP contribution < -0.4 is 0 Å². The van der Waals surface area contributed by atoms with Crippen molar-refractivity contribution in [2.75, 3.05) is 13.2 Å². The maximum absolute atomic E-state index is 11.5. The second-order valence-corrected chi connectivity index (χ2v) is 6.68. The van der Waals surface area contributed by atoms with Crippen molar-refractivity contribution in [3.63, 3.8) is 0 Å². The summed E-state index contributed by atoms with van der Waals surface area (Å²) in [5.41, 5.74) is 0. The molecule has 1 N–H and O–H groups in total. The average molecular weight is 457 g/mol. The predicted octanol–water partition coefficient (Wildman–Crippen LogP) is 5.80. The fourth-order valence-electron chi connectivity index (χ4n) is 2.25. The average Bonchev–Trinajstić information content (AvgIpc) is 2.79. The van der Waals surface area contributed by atoms with Gasteiger partial charge in [0, 0.05) is 12.2 Å². The molecule has 0 aromatic heterocycles. The van der Waals surface area contributed by atoms with Crippen LogP contribution in [0.15, 0.2) is 85.1 Å². The number of hydrogen-bond acceptors (Lipinski definition) is 5. The number of rotatable bonds is 18. The van der Waals surface area contributed by atoms with E-state index in [1.54, 1.807) is 6.08 Å². The summed E-state index contributed by atoms with van der Waals surface area (Å²) in [7, 11) is 0. The van der Waals surface area contributed by atoms with E-state index in [-0.39, 0.29) is 19.6 Å². The molecule has 0 bridgehead atoms. The Morgan fingerprint density at radius 1 is 0.606 bits per heavy atom. The number of esters is 2. The van der Waals surface area contributed by atoms with E-state index in [0.717, 1.165) is 44.6 Å². The number of carboxylic acid groups (broad SMARTS) is 1. The SMILES string of the molecule is CCC=CCC=CCC=CCC=CCC=CCC=CCC(=O)OCCOC(=O)C=CC(=O)O. The fraction of sp³-hybridized carbons (Fsp3) is 0.370. The smallest absolute Gasteiger partial charge is 0.331 e. The zero-order valence-electron chi connectivity index (χ0n) is 19.4. The number of allylic oxidation sites excluding steroid dienone is 11. The Kier molecular flexibility index (Phi) is 20.9. The molecule has 0 aliphatic heterocycles. The van der Waals surface area contributed by atoms with E-state index in [1.165, 1.54) is 0 Å². The molecule has 6 heteroatoms. The first-order chi connectivity index (χ1) is 16.1. The summed E-state index contributed by atoms with van der Waals surface area (Å²) in [6, 6.07) is 0. The van der Waals surface area contributed by atoms with Gasteiger partial charge in [0.05, 0.1) is 6.42 Å². The van der Waals surface area contributed by atoms with Crippen molar-refractivity contribution in [1.82, 2.24) is 0 Å². The van der Waals surface area contributed by atoms with Crippen molar-refractivity contribution in [1.29, 1.82) is 0 Å². The van der Waals surface area contributed by atoms with Crippen LogP contribution in [0.5, 0.6) is 0 Å². The van der Waals surface area contributed by atoms with Crippen LogP contribution in [0.25, 0.3) is 0 Å². The summed E-state index contributed by atoms with van der Waals surface area (Å²) in [6.07, 6.45) is 32.2. The Bertz CT molecular complexity index is 751. The summed E-state index contributed by atoms with van der Waals surface area (Å²) >= 11 is 0. The van der Waals surface area contributed by atoms with Gasteiger partial charge in [-0.25, -0.2) is 9.59 Å². The minimum atomic E-state index is -1.24. The summed E-state index contributed by atoms with van der Waals surface area (Å²) in [5.74, 6) is -2.47. The van der Waals surface area contributed by atoms with Gasteiger partial charge in [0.25, 0.3) is 0 Å². The van der Waals surface area contributed by atoms with E-state index in [1.807, 2.05) is 12.2 Å². The molecule has 0 atom stereocenters. The van der Waals surface area contributed by atoms with Crippen LogP contribution in [0.4, 0.5) is 0 Å². The highest BCUT2D eigenvalue weighted by atomic mass is 16.6. The molecule has 0 unspecified atom stereocenters. The number of carbonyl (C=O) groups excluding carboxylic acids is 2. The first-order valence-electron chi connectivity index (χ1n) is 11.2. The molecule has 0 aromatic carbocycles. The van der Waals surface area contributed by atoms with E-state index in [0.29, 0.717) is 6.08 Å². The van der Waals surface area contributed by atoms with E-state index in [4.69, 9.17) is 9.84 Å². The maximum atomic E-state index is 11.5. The largest absolute Gasteiger partial charge is 0.478 e. The molecule has 0 fully saturated rings. The zero-order chi connectivity index (χ0) is 24.4. The molecule has 0 aliphatic carbocycles. The highest BCUT2D eigenvalue weighted by molar-refractivity contribution is 5.90. The number of carbonyl (C=O) groups is 3. The van der Waals surface area contributed by atoms with Crippen LogP contribution in [-0.4, -0.2) is 36.2 Å². The summed E-state index contributed by atoms with van der Waals surface area (Å²) in [4.78, 5) is 32.9. The first kappa shape index (κ1) is 29.6. The first-order valence-corrected chi connectivity index (χ1v) is 11.2. The normalized spacial score (nSPS) is 12.5. The summed E-state index contributed by atoms with van der Waals surface area (Å²) in [5, 5.41) is 8.37. The number of hydrogen-bond donors (Lipinski definition) is 1. The number of aliphatic carboxylic acids is 1. The molecular formula is C27H36O6. The lowest BCUT2D eigenvalue weighted by molar-refractivity contribution is -0.149. The quantitative estimate of drug-likeness (QED) is 0.121. The van der Waals surface area contributed by atoms with Gasteiger partial charge in [0.2, 0.25) is 0 Å². The van der Waals surface area contributed by atoms with Gasteiger partial charge in [-0.15, -0.1) is 0 Å². The molecule has 0 radical (unpaired) electrons. The molecule has 0 aliphatic rings. The van der Waals surface area contributed by atoms with Gasteiger partial charge in [-0.1, -0.05) is 79.8 Å². The lowest BCUT2D eigenvalue weighted by Crippen LogP contribution is -2.12. The van der Waals surface area contributed by atoms with Crippen molar-refractivity contribution in [3.05, 3.63) is 85.1 Å². The second kappa shape index (κ2) is 23.3. The van der Waals surface area contributed by atoms with Crippen LogP contribution in [0, 0.1) is 0 Å². The zero-order valence-corrected chi connectivity index (χ0v) is 19.4. The molecular weight excluding hydrogens is 420 g/mol. The van der Waals surface area contributed by atoms with E-state index < -0.39 is 17.9 Å². The Morgan fingerprint density at radius 2 is 1.03 bits per heavy atom. The van der Waals surface area contributed by atoms with E-state index in [2.05, 4.69) is 66.3 Å². The third-order valence-electron chi connectivity index (χ3n) is 3.83. The van der Waals surface area contributed by atoms with Crippen molar-refractivity contribution in [2.24, 2.45) is 0 Å². The van der Waals surface area contributed by atoms with Crippen LogP contribution in [0.3, 0.4) is 0 Å². The highest BCUT2D eigenvalue weighted by Crippen LogP contribution is 1.97. The molecule has 0 heterocycles. The van der Waals surface area contributed by atoms with Crippen LogP contribution in [0.1, 0.15) is 51.9 Å². The van der Waals surface area contributed by atoms with E-state index in [9.17, 15) is 14.4 Å². The van der Waals surface area contributed by atoms with Crippen molar-refractivity contribution in [2.45, 2.75) is 51.9 Å². The van der Waals surface area contributed by atoms with Gasteiger partial charge in [-0.2, -0.15) is 0 Å². The minimum Gasteiger partial charge on any atom is -0.478 e. The van der Waals surface area contributed by atoms with Gasteiger partial charge < -0.3 is 14.6 Å². The maximum Gasteiger partial charge on any atom is 0.331 e. The van der Waals surface area contributed by atoms with Crippen LogP contribution >= 0.6 is 0 Å². The standard InChI is InChI=1S/C27H36O6/c1-2-3-4-5-6-7-8-9-10-11-12-13-14-15-16-17-18-19-20-26(30)32-23-24-33-27(31)22-21-25(28)29/h3-4,6-7,9-10,12-13,15-16,18-19,21-22H,2,5,8,11,14,17,20,23-24H2,1H3,(H,28,29). The van der Waals surface area contributed by atoms with Crippen molar-refractivity contribution < 1.29 is 29.0 Å². The van der Waals surface area contributed by atoms with Crippen molar-refractivity contribution >= 4 is 17.9 Å². The minimum absolute atomic E-state index is 0.0753. The predicted molar refractivity (Wildman–Crippen MR) is 132 cm³/mol. The molecule has 6 nitrogen and oxygen atoms in total. The highest BCUT2D eigenvalue weighted by Gasteiger charge is 2.01. The monoisotopic (exact) mass is 456 g/mol. The molecule has 0 saturated heterocycles. The van der Waals surface area contributed by atoms with Gasteiger partial charge in [-0.05, 0) is 38.5 Å². The molecule has 0 saturated carbocycles. The third-order valence-corrected chi connectivity index (χ3v) is 3.83. The van der Waals surface area contributed by atoms with Crippen LogP contribution in [-0.2, 0) is 23.9 Å². The number of ether oxygens (including phenoxy) is 2. The molecule has 0 rings (SSSR count). The summed E-state index contributed by atoms with van der Waals surface area (Å²) < 4.78 is 9.58. The lowest BCUT2D eigenvalue weighted by atomic mass is 10.2. The Hall–Kier alpha value is -3.41. The van der Waals surface area contributed by atoms with Crippen LogP contribution in [0.2, 0.25) is 0 Å². The van der Waals surface area contributed by atoms with Gasteiger partial charge in [0.1, 0.15) is 13.2 Å². The Morgan fingerprint density at radius 3 is 1.48 bits per heavy atom. The molecule has 33 heavy (non-hydrogen) atoms. The Balaban J connectivity index is 3.67. The molecule has 0 spiro atoms. The Labute approximate surface area is 197 Å². The molecule has 180 valence electrons. The van der Waals surface area contributed by atoms with Gasteiger partial charge in [-0.3, -0.25) is 4.79 Å². The number of carboxylic acids is 1. The topological polar surface area (TPSA) is 89.9 Å². The third kappa shape index (κ3) is 24.7. The second-order valence-electron chi connectivity index (χ2n) is 6.68.